The van der Waals surface area contributed by atoms with Crippen LogP contribution in [0, 0.1) is 10.2 Å². The van der Waals surface area contributed by atoms with Crippen LogP contribution in [0.15, 0.2) is 10.8 Å². The van der Waals surface area contributed by atoms with Crippen LogP contribution in [0.5, 0.6) is 0 Å². The first-order chi connectivity index (χ1) is 8.88. The predicted octanol–water partition coefficient (Wildman–Crippen LogP) is -1.57. The van der Waals surface area contributed by atoms with Gasteiger partial charge in [-0.2, -0.15) is 0 Å². The molecule has 1 heterocycles. The van der Waals surface area contributed by atoms with Crippen LogP contribution in [0.4, 0.5) is 0 Å². The highest BCUT2D eigenvalue weighted by Crippen LogP contribution is 1.96. The summed E-state index contributed by atoms with van der Waals surface area (Å²) in [5, 5.41) is 4.37. The highest BCUT2D eigenvalue weighted by molar-refractivity contribution is 7.24. The first-order valence-electron chi connectivity index (χ1n) is 6.10. The topological polar surface area (TPSA) is 95.2 Å². The Morgan fingerprint density at radius 3 is 1.63 bits per heavy atom. The van der Waals surface area contributed by atoms with Gasteiger partial charge in [-0.3, -0.25) is 0 Å². The van der Waals surface area contributed by atoms with Gasteiger partial charge in [0.05, 0.1) is 0 Å². The summed E-state index contributed by atoms with van der Waals surface area (Å²) in [7, 11) is -4.94. The van der Waals surface area contributed by atoms with Gasteiger partial charge in [0.1, 0.15) is 13.1 Å². The maximum absolute atomic E-state index is 8.49. The van der Waals surface area contributed by atoms with Crippen molar-refractivity contribution in [3.8, 4) is 0 Å². The van der Waals surface area contributed by atoms with E-state index in [1.165, 1.54) is 42.8 Å². The van der Waals surface area contributed by atoms with E-state index < -0.39 is 10.2 Å². The summed E-state index contributed by atoms with van der Waals surface area (Å²) >= 11 is 3.75. The molecule has 0 amide bonds. The fourth-order valence-corrected chi connectivity index (χ4v) is 3.24. The van der Waals surface area contributed by atoms with E-state index in [-0.39, 0.29) is 0 Å². The Labute approximate surface area is 123 Å². The second-order valence-electron chi connectivity index (χ2n) is 3.85. The van der Waals surface area contributed by atoms with Crippen LogP contribution in [0.1, 0.15) is 39.5 Å². The zero-order valence-corrected chi connectivity index (χ0v) is 13.6. The highest BCUT2D eigenvalue weighted by atomic mass is 35.7. The average molecular weight is 330 g/mol. The van der Waals surface area contributed by atoms with Crippen LogP contribution in [0.25, 0.3) is 0 Å². The molecule has 0 N–H and O–H groups in total. The Morgan fingerprint density at radius 1 is 0.947 bits per heavy atom. The molecule has 0 saturated heterocycles. The van der Waals surface area contributed by atoms with Gasteiger partial charge in [-0.1, -0.05) is 49.4 Å². The lowest BCUT2D eigenvalue weighted by atomic mass is 10.3. The van der Waals surface area contributed by atoms with Crippen molar-refractivity contribution in [2.24, 2.45) is 0 Å². The molecular weight excluding hydrogens is 310 g/mol. The third kappa shape index (κ3) is 12.7. The molecule has 0 fully saturated rings. The van der Waals surface area contributed by atoms with Crippen LogP contribution in [-0.4, -0.2) is 13.1 Å². The van der Waals surface area contributed by atoms with Gasteiger partial charge in [0, 0.05) is 23.6 Å². The third-order valence-corrected chi connectivity index (χ3v) is 4.43. The molecule has 1 aromatic heterocycles. The SMILES string of the molecule is CCCC[N+](CCCC)=c1sccs1.[O-][Cl+3]([O-])([O-])[O-]. The zero-order chi connectivity index (χ0) is 14.7. The van der Waals surface area contributed by atoms with Crippen molar-refractivity contribution in [2.45, 2.75) is 39.5 Å². The van der Waals surface area contributed by atoms with E-state index in [0.29, 0.717) is 0 Å². The summed E-state index contributed by atoms with van der Waals surface area (Å²) in [4.78, 5) is 0. The summed E-state index contributed by atoms with van der Waals surface area (Å²) in [5.74, 6) is 0. The minimum atomic E-state index is -4.94. The number of nitrogens with zero attached hydrogens (tertiary/aromatic N) is 1. The van der Waals surface area contributed by atoms with Gasteiger partial charge >= 0.3 is 3.98 Å². The third-order valence-electron chi connectivity index (χ3n) is 2.21. The zero-order valence-electron chi connectivity index (χ0n) is 11.2. The molecule has 0 aliphatic heterocycles. The van der Waals surface area contributed by atoms with Gasteiger partial charge in [-0.05, 0) is 0 Å². The van der Waals surface area contributed by atoms with Crippen LogP contribution in [-0.2, 0) is 0 Å². The van der Waals surface area contributed by atoms with Crippen molar-refractivity contribution in [3.05, 3.63) is 14.7 Å². The van der Waals surface area contributed by atoms with Gasteiger partial charge in [0.25, 0.3) is 0 Å². The van der Waals surface area contributed by atoms with Gasteiger partial charge in [-0.15, -0.1) is 10.2 Å². The molecule has 0 aromatic carbocycles. The van der Waals surface area contributed by atoms with E-state index in [1.54, 1.807) is 0 Å². The quantitative estimate of drug-likeness (QED) is 0.589. The Balaban J connectivity index is 0.000000555. The molecule has 0 aliphatic rings. The molecule has 112 valence electrons. The Hall–Kier alpha value is -0.0200. The van der Waals surface area contributed by atoms with Gasteiger partial charge in [-0.25, -0.2) is 23.2 Å². The second-order valence-corrected chi connectivity index (χ2v) is 6.65. The number of halogens is 1. The molecule has 0 saturated carbocycles. The van der Waals surface area contributed by atoms with E-state index in [1.807, 2.05) is 22.7 Å². The predicted molar refractivity (Wildman–Crippen MR) is 67.0 cm³/mol. The number of unbranched alkanes of at least 4 members (excludes halogenated alkanes) is 2. The average Bonchev–Trinajstić information content (AvgIpc) is 2.80. The van der Waals surface area contributed by atoms with Crippen LogP contribution in [0.3, 0.4) is 0 Å². The first-order valence-corrected chi connectivity index (χ1v) is 9.09. The van der Waals surface area contributed by atoms with E-state index in [9.17, 15) is 0 Å². The molecule has 0 bridgehead atoms. The van der Waals surface area contributed by atoms with Crippen molar-refractivity contribution >= 4 is 22.7 Å². The van der Waals surface area contributed by atoms with E-state index in [0.717, 1.165) is 0 Å². The largest absolute Gasteiger partial charge is 0.313 e. The van der Waals surface area contributed by atoms with Gasteiger partial charge < -0.3 is 0 Å². The van der Waals surface area contributed by atoms with Crippen molar-refractivity contribution in [1.29, 1.82) is 0 Å². The van der Waals surface area contributed by atoms with Crippen LogP contribution < -0.4 is 27.2 Å². The molecule has 1 rings (SSSR count). The smallest absolute Gasteiger partial charge is 0.222 e. The van der Waals surface area contributed by atoms with Crippen molar-refractivity contribution in [3.63, 3.8) is 0 Å². The minimum Gasteiger partial charge on any atom is -0.222 e. The Morgan fingerprint density at radius 2 is 1.32 bits per heavy atom. The van der Waals surface area contributed by atoms with Crippen LogP contribution in [0.2, 0.25) is 0 Å². The highest BCUT2D eigenvalue weighted by Gasteiger charge is 2.05. The number of hydrogen-bond acceptors (Lipinski definition) is 6. The maximum atomic E-state index is 8.49. The van der Waals surface area contributed by atoms with Crippen molar-refractivity contribution in [1.82, 2.24) is 4.58 Å². The monoisotopic (exact) mass is 329 g/mol. The molecule has 8 heteroatoms. The standard InChI is InChI=1S/C11H20NS2.ClHO4/c1-3-5-7-12(8-6-4-2)11-13-9-10-14-11;2-1(3,4)5/h9-10H,3-8H2,1-2H3;(H,2,3,4,5)/q+1;/p-1. The van der Waals surface area contributed by atoms with Gasteiger partial charge in [0.15, 0.2) is 0 Å². The van der Waals surface area contributed by atoms with Crippen molar-refractivity contribution in [2.75, 3.05) is 13.1 Å². The summed E-state index contributed by atoms with van der Waals surface area (Å²) in [6.07, 6.45) is 5.21. The molecule has 5 nitrogen and oxygen atoms in total. The molecule has 0 aliphatic carbocycles. The molecular formula is C11H20ClNO4S2. The second kappa shape index (κ2) is 10.7. The molecule has 0 spiro atoms. The molecule has 0 radical (unpaired) electrons. The van der Waals surface area contributed by atoms with Crippen molar-refractivity contribution < 1.29 is 28.9 Å². The number of hydrogen-bond donors (Lipinski definition) is 0. The van der Waals surface area contributed by atoms with Crippen LogP contribution >= 0.6 is 22.7 Å². The fourth-order valence-electron chi connectivity index (χ4n) is 1.34. The lowest BCUT2D eigenvalue weighted by molar-refractivity contribution is -2.00. The lowest BCUT2D eigenvalue weighted by Crippen LogP contribution is -2.68. The van der Waals surface area contributed by atoms with E-state index >= 15 is 0 Å². The Bertz CT molecular complexity index is 354. The first kappa shape index (κ1) is 19.0. The molecule has 0 unspecified atom stereocenters. The summed E-state index contributed by atoms with van der Waals surface area (Å²) in [6.45, 7) is 6.98. The molecule has 19 heavy (non-hydrogen) atoms. The minimum absolute atomic E-state index is 1.23. The summed E-state index contributed by atoms with van der Waals surface area (Å²) < 4.78 is 38.0. The van der Waals surface area contributed by atoms with E-state index in [2.05, 4.69) is 29.2 Å². The number of rotatable bonds is 6. The maximum Gasteiger partial charge on any atom is 0.313 e. The summed E-state index contributed by atoms with van der Waals surface area (Å²) in [5.41, 5.74) is 0. The summed E-state index contributed by atoms with van der Waals surface area (Å²) in [6, 6.07) is 0. The molecule has 0 atom stereocenters. The Kier molecular flexibility index (Phi) is 10.7. The lowest BCUT2D eigenvalue weighted by Gasteiger charge is -2.17. The normalized spacial score (nSPS) is 10.8. The fraction of sp³-hybridized carbons (Fsp3) is 0.727. The van der Waals surface area contributed by atoms with Gasteiger partial charge in [0.2, 0.25) is 0 Å². The molecule has 1 aromatic rings. The van der Waals surface area contributed by atoms with E-state index in [4.69, 9.17) is 18.6 Å².